The molecule has 1 aliphatic heterocycles. The third-order valence-electron chi connectivity index (χ3n) is 6.96. The van der Waals surface area contributed by atoms with Gasteiger partial charge >= 0.3 is 0 Å². The van der Waals surface area contributed by atoms with Crippen molar-refractivity contribution in [3.63, 3.8) is 0 Å². The van der Waals surface area contributed by atoms with Gasteiger partial charge in [0.15, 0.2) is 0 Å². The molecule has 1 saturated heterocycles. The van der Waals surface area contributed by atoms with Crippen LogP contribution in [0.25, 0.3) is 5.65 Å². The minimum atomic E-state index is 0.0362. The topological polar surface area (TPSA) is 84.7 Å². The van der Waals surface area contributed by atoms with Crippen molar-refractivity contribution in [2.45, 2.75) is 58.6 Å². The van der Waals surface area contributed by atoms with Crippen LogP contribution in [0.15, 0.2) is 6.33 Å². The molecular weight excluding hydrogens is 368 g/mol. The number of rotatable bonds is 5. The number of aryl methyl sites for hydroxylation is 1. The first kappa shape index (κ1) is 18.8. The minimum Gasteiger partial charge on any atom is -0.376 e. The van der Waals surface area contributed by atoms with Crippen LogP contribution in [-0.4, -0.2) is 57.6 Å². The van der Waals surface area contributed by atoms with Gasteiger partial charge in [-0.1, -0.05) is 0 Å². The molecule has 4 atom stereocenters. The molecule has 8 heteroatoms. The summed E-state index contributed by atoms with van der Waals surface area (Å²) < 4.78 is 8.08. The van der Waals surface area contributed by atoms with Crippen molar-refractivity contribution in [2.75, 3.05) is 24.6 Å². The molecule has 156 valence electrons. The van der Waals surface area contributed by atoms with E-state index in [2.05, 4.69) is 32.4 Å². The third kappa shape index (κ3) is 3.58. The maximum atomic E-state index is 11.8. The summed E-state index contributed by atoms with van der Waals surface area (Å²) in [5, 5.41) is 16.1. The Hall–Kier alpha value is -2.22. The van der Waals surface area contributed by atoms with Crippen molar-refractivity contribution in [1.82, 2.24) is 25.1 Å². The third-order valence-corrected chi connectivity index (χ3v) is 6.96. The number of aromatic nitrogens is 4. The fourth-order valence-electron chi connectivity index (χ4n) is 5.15. The Bertz CT molecular complexity index is 923. The first-order chi connectivity index (χ1) is 14.0. The van der Waals surface area contributed by atoms with E-state index in [0.29, 0.717) is 11.8 Å². The zero-order valence-corrected chi connectivity index (χ0v) is 17.5. The van der Waals surface area contributed by atoms with Crippen molar-refractivity contribution in [3.8, 4) is 0 Å². The molecule has 8 nitrogen and oxygen atoms in total. The van der Waals surface area contributed by atoms with Crippen molar-refractivity contribution in [3.05, 3.63) is 17.6 Å². The van der Waals surface area contributed by atoms with E-state index in [1.54, 1.807) is 17.8 Å². The average molecular weight is 399 g/mol. The fraction of sp³-hybridized carbons (Fsp3) is 0.714. The lowest BCUT2D eigenvalue weighted by atomic mass is 9.77. The molecule has 1 N–H and O–H groups in total. The van der Waals surface area contributed by atoms with Crippen LogP contribution in [0.4, 0.5) is 5.69 Å². The van der Waals surface area contributed by atoms with Crippen molar-refractivity contribution in [2.24, 2.45) is 17.8 Å². The molecular formula is C21H30N6O2. The molecule has 3 fully saturated rings. The van der Waals surface area contributed by atoms with E-state index in [1.807, 2.05) is 6.92 Å². The molecule has 3 heterocycles. The lowest BCUT2D eigenvalue weighted by molar-refractivity contribution is -0.122. The van der Waals surface area contributed by atoms with Gasteiger partial charge in [0.2, 0.25) is 11.6 Å². The Morgan fingerprint density at radius 3 is 2.72 bits per heavy atom. The summed E-state index contributed by atoms with van der Waals surface area (Å²) in [5.41, 5.74) is 4.15. The highest BCUT2D eigenvalue weighted by atomic mass is 16.5. The van der Waals surface area contributed by atoms with Crippen molar-refractivity contribution in [1.29, 1.82) is 0 Å². The van der Waals surface area contributed by atoms with Gasteiger partial charge in [-0.3, -0.25) is 4.79 Å². The average Bonchev–Trinajstić information content (AvgIpc) is 3.24. The Balaban J connectivity index is 1.38. The van der Waals surface area contributed by atoms with E-state index in [1.165, 1.54) is 18.4 Å². The summed E-state index contributed by atoms with van der Waals surface area (Å²) in [6, 6.07) is 0.112. The van der Waals surface area contributed by atoms with E-state index in [4.69, 9.17) is 4.74 Å². The number of nitrogens with zero attached hydrogens (tertiary/aromatic N) is 5. The Morgan fingerprint density at radius 1 is 1.24 bits per heavy atom. The van der Waals surface area contributed by atoms with Gasteiger partial charge in [-0.2, -0.15) is 9.61 Å². The Labute approximate surface area is 171 Å². The monoisotopic (exact) mass is 398 g/mol. The van der Waals surface area contributed by atoms with E-state index in [9.17, 15) is 4.79 Å². The highest BCUT2D eigenvalue weighted by Gasteiger charge is 2.44. The Morgan fingerprint density at radius 2 is 2.00 bits per heavy atom. The van der Waals surface area contributed by atoms with Crippen molar-refractivity contribution < 1.29 is 9.53 Å². The maximum Gasteiger partial charge on any atom is 0.217 e. The highest BCUT2D eigenvalue weighted by Crippen LogP contribution is 2.41. The molecule has 3 aliphatic rings. The number of amides is 1. The maximum absolute atomic E-state index is 11.8. The summed E-state index contributed by atoms with van der Waals surface area (Å²) in [6.45, 7) is 8.57. The van der Waals surface area contributed by atoms with Gasteiger partial charge < -0.3 is 15.0 Å². The molecule has 0 radical (unpaired) electrons. The molecule has 0 aromatic carbocycles. The second-order valence-corrected chi connectivity index (χ2v) is 9.18. The zero-order valence-electron chi connectivity index (χ0n) is 17.5. The molecule has 2 aromatic rings. The van der Waals surface area contributed by atoms with Crippen LogP contribution < -0.4 is 10.2 Å². The van der Waals surface area contributed by atoms with Gasteiger partial charge in [-0.15, -0.1) is 10.2 Å². The zero-order chi connectivity index (χ0) is 20.1. The van der Waals surface area contributed by atoms with Crippen LogP contribution in [-0.2, 0) is 9.53 Å². The van der Waals surface area contributed by atoms with Crippen LogP contribution in [0.1, 0.15) is 43.9 Å². The molecule has 0 bridgehead atoms. The highest BCUT2D eigenvalue weighted by molar-refractivity contribution is 5.74. The normalized spacial score (nSPS) is 29.3. The number of nitrogens with one attached hydrogen (secondary N) is 1. The number of anilines is 1. The molecule has 0 spiro atoms. The van der Waals surface area contributed by atoms with Gasteiger partial charge in [0, 0.05) is 26.6 Å². The molecule has 5 rings (SSSR count). The number of fused-ring (bicyclic) bond motifs is 2. The van der Waals surface area contributed by atoms with Gasteiger partial charge in [-0.05, 0) is 62.8 Å². The fourth-order valence-corrected chi connectivity index (χ4v) is 5.15. The van der Waals surface area contributed by atoms with Crippen molar-refractivity contribution >= 4 is 17.2 Å². The quantitative estimate of drug-likeness (QED) is 0.828. The van der Waals surface area contributed by atoms with E-state index in [-0.39, 0.29) is 18.1 Å². The van der Waals surface area contributed by atoms with Gasteiger partial charge in [-0.25, -0.2) is 0 Å². The predicted molar refractivity (Wildman–Crippen MR) is 109 cm³/mol. The Kier molecular flexibility index (Phi) is 4.69. The first-order valence-corrected chi connectivity index (χ1v) is 10.8. The smallest absolute Gasteiger partial charge is 0.217 e. The second-order valence-electron chi connectivity index (χ2n) is 9.18. The summed E-state index contributed by atoms with van der Waals surface area (Å²) in [5.74, 6) is 1.88. The number of ether oxygens (including phenoxy) is 1. The van der Waals surface area contributed by atoms with E-state index >= 15 is 0 Å². The predicted octanol–water partition coefficient (Wildman–Crippen LogP) is 1.89. The number of hydrogen-bond donors (Lipinski definition) is 1. The minimum absolute atomic E-state index is 0.0362. The van der Waals surface area contributed by atoms with Crippen LogP contribution in [0.2, 0.25) is 0 Å². The molecule has 2 saturated carbocycles. The summed E-state index contributed by atoms with van der Waals surface area (Å²) >= 11 is 0. The molecule has 0 unspecified atom stereocenters. The largest absolute Gasteiger partial charge is 0.376 e. The van der Waals surface area contributed by atoms with Crippen LogP contribution in [0, 0.1) is 31.6 Å². The van der Waals surface area contributed by atoms with Crippen LogP contribution in [0.3, 0.4) is 0 Å². The molecule has 2 aliphatic carbocycles. The lowest BCUT2D eigenvalue weighted by Crippen LogP contribution is -2.50. The van der Waals surface area contributed by atoms with Gasteiger partial charge in [0.05, 0.1) is 23.5 Å². The SMILES string of the molecule is CC(=O)N[C@@H]1C[C@@H]2CN(c3c(C)c(C)nn4cnnc34)C[C@@H]2C[C@H]1OCC1CC1. The van der Waals surface area contributed by atoms with Gasteiger partial charge in [0.25, 0.3) is 0 Å². The number of carbonyl (C=O) groups excluding carboxylic acids is 1. The lowest BCUT2D eigenvalue weighted by Gasteiger charge is -2.38. The number of hydrogen-bond acceptors (Lipinski definition) is 6. The van der Waals surface area contributed by atoms with E-state index in [0.717, 1.165) is 55.5 Å². The first-order valence-electron chi connectivity index (χ1n) is 10.8. The second kappa shape index (κ2) is 7.23. The van der Waals surface area contributed by atoms with Crippen LogP contribution in [0.5, 0.6) is 0 Å². The standard InChI is InChI=1S/C21H30N6O2/c1-12-13(2)25-27-11-22-24-21(27)20(12)26-8-16-6-18(23-14(3)28)19(7-17(16)9-26)29-10-15-4-5-15/h11,15-19H,4-10H2,1-3H3,(H,23,28)/t16-,17+,18-,19-/m1/s1. The molecule has 2 aromatic heterocycles. The molecule has 29 heavy (non-hydrogen) atoms. The summed E-state index contributed by atoms with van der Waals surface area (Å²) in [7, 11) is 0. The van der Waals surface area contributed by atoms with Crippen LogP contribution >= 0.6 is 0 Å². The molecule has 1 amide bonds. The van der Waals surface area contributed by atoms with Gasteiger partial charge in [0.1, 0.15) is 6.33 Å². The number of carbonyl (C=O) groups is 1. The summed E-state index contributed by atoms with van der Waals surface area (Å²) in [4.78, 5) is 14.2. The summed E-state index contributed by atoms with van der Waals surface area (Å²) in [6.07, 6.45) is 6.34. The van der Waals surface area contributed by atoms with E-state index < -0.39 is 0 Å².